The van der Waals surface area contributed by atoms with Crippen LogP contribution >= 0.6 is 0 Å². The molecule has 1 aliphatic rings. The van der Waals surface area contributed by atoms with Crippen molar-refractivity contribution in [1.82, 2.24) is 5.48 Å². The molecule has 2 rings (SSSR count). The van der Waals surface area contributed by atoms with Crippen molar-refractivity contribution in [3.8, 4) is 11.9 Å². The van der Waals surface area contributed by atoms with E-state index in [4.69, 9.17) is 25.8 Å². The third kappa shape index (κ3) is 3.47. The Kier molecular flexibility index (Phi) is 5.41. The SMILES string of the molecule is C=C/C=C(OC)\C(N)=C1/Cc2ccc(ONC#[N+][O-])c(N)c2CO1. The number of hydrogen-bond acceptors (Lipinski definition) is 7. The van der Waals surface area contributed by atoms with Gasteiger partial charge in [0, 0.05) is 12.0 Å². The van der Waals surface area contributed by atoms with Crippen molar-refractivity contribution in [2.45, 2.75) is 13.0 Å². The molecule has 0 amide bonds. The van der Waals surface area contributed by atoms with Crippen LogP contribution in [0.15, 0.2) is 48.1 Å². The summed E-state index contributed by atoms with van der Waals surface area (Å²) in [5.74, 6) is 1.42. The van der Waals surface area contributed by atoms with Crippen LogP contribution in [0.4, 0.5) is 5.69 Å². The van der Waals surface area contributed by atoms with E-state index in [1.54, 1.807) is 18.2 Å². The number of fused-ring (bicyclic) bond motifs is 1. The fraction of sp³-hybridized carbons (Fsp3) is 0.188. The molecule has 8 heteroatoms. The molecule has 1 heterocycles. The van der Waals surface area contributed by atoms with Crippen LogP contribution in [0.3, 0.4) is 0 Å². The Labute approximate surface area is 139 Å². The Morgan fingerprint density at radius 1 is 1.54 bits per heavy atom. The standard InChI is InChI=1S/C16H18N4O4/c1-3-4-12(22-2)16(18)14-7-10-5-6-13(24-20-9-19-21)15(17)11(10)8-23-14/h3-6,20H,1,7-8,17-18H2,2H3/b12-4+,16-14-. The Morgan fingerprint density at radius 2 is 2.33 bits per heavy atom. The molecule has 0 unspecified atom stereocenters. The van der Waals surface area contributed by atoms with Gasteiger partial charge in [0.2, 0.25) is 5.75 Å². The van der Waals surface area contributed by atoms with E-state index in [0.717, 1.165) is 11.1 Å². The highest BCUT2D eigenvalue weighted by Crippen LogP contribution is 2.34. The summed E-state index contributed by atoms with van der Waals surface area (Å²) in [5, 5.41) is 12.3. The molecule has 24 heavy (non-hydrogen) atoms. The lowest BCUT2D eigenvalue weighted by molar-refractivity contribution is 0.173. The lowest BCUT2D eigenvalue weighted by Gasteiger charge is -2.24. The van der Waals surface area contributed by atoms with E-state index < -0.39 is 0 Å². The number of nitrogens with zero attached hydrogens (tertiary/aromatic N) is 1. The zero-order valence-corrected chi connectivity index (χ0v) is 13.2. The van der Waals surface area contributed by atoms with Crippen LogP contribution in [0.1, 0.15) is 11.1 Å². The maximum absolute atomic E-state index is 9.95. The second-order valence-electron chi connectivity index (χ2n) is 4.80. The molecule has 0 atom stereocenters. The number of hydroxylamine groups is 1. The first kappa shape index (κ1) is 16.9. The van der Waals surface area contributed by atoms with Crippen molar-refractivity contribution < 1.29 is 14.3 Å². The van der Waals surface area contributed by atoms with Crippen LogP contribution in [0, 0.1) is 11.4 Å². The first-order chi connectivity index (χ1) is 11.6. The molecule has 0 aromatic heterocycles. The molecule has 1 aromatic rings. The number of methoxy groups -OCH3 is 1. The normalized spacial score (nSPS) is 15.1. The highest BCUT2D eigenvalue weighted by molar-refractivity contribution is 5.62. The van der Waals surface area contributed by atoms with Gasteiger partial charge < -0.3 is 26.1 Å². The van der Waals surface area contributed by atoms with Crippen LogP contribution in [0.5, 0.6) is 5.75 Å². The minimum absolute atomic E-state index is 0.235. The molecule has 0 radical (unpaired) electrons. The van der Waals surface area contributed by atoms with Gasteiger partial charge >= 0.3 is 6.19 Å². The van der Waals surface area contributed by atoms with Gasteiger partial charge in [-0.1, -0.05) is 18.7 Å². The van der Waals surface area contributed by atoms with Gasteiger partial charge in [-0.25, -0.2) is 0 Å². The van der Waals surface area contributed by atoms with Gasteiger partial charge in [0.1, 0.15) is 23.8 Å². The van der Waals surface area contributed by atoms with E-state index in [0.29, 0.717) is 35.1 Å². The summed E-state index contributed by atoms with van der Waals surface area (Å²) in [6.45, 7) is 3.86. The molecule has 1 aromatic carbocycles. The number of anilines is 1. The molecular weight excluding hydrogens is 312 g/mol. The Bertz CT molecular complexity index is 759. The van der Waals surface area contributed by atoms with E-state index >= 15 is 0 Å². The third-order valence-corrected chi connectivity index (χ3v) is 3.46. The first-order valence-electron chi connectivity index (χ1n) is 7.00. The minimum Gasteiger partial charge on any atom is -0.610 e. The average molecular weight is 330 g/mol. The number of benzene rings is 1. The van der Waals surface area contributed by atoms with E-state index in [1.807, 2.05) is 12.3 Å². The molecule has 126 valence electrons. The second-order valence-corrected chi connectivity index (χ2v) is 4.80. The molecule has 0 bridgehead atoms. The smallest absolute Gasteiger partial charge is 0.423 e. The molecule has 0 saturated carbocycles. The van der Waals surface area contributed by atoms with Crippen molar-refractivity contribution in [3.63, 3.8) is 0 Å². The summed E-state index contributed by atoms with van der Waals surface area (Å²) >= 11 is 0. The van der Waals surface area contributed by atoms with Crippen LogP contribution in [-0.2, 0) is 22.5 Å². The largest absolute Gasteiger partial charge is 0.610 e. The number of nitrogens with one attached hydrogen (secondary N) is 1. The van der Waals surface area contributed by atoms with Crippen molar-refractivity contribution in [3.05, 3.63) is 69.4 Å². The third-order valence-electron chi connectivity index (χ3n) is 3.46. The summed E-state index contributed by atoms with van der Waals surface area (Å²) in [5.41, 5.74) is 16.9. The first-order valence-corrected chi connectivity index (χ1v) is 7.00. The predicted molar refractivity (Wildman–Crippen MR) is 90.2 cm³/mol. The summed E-state index contributed by atoms with van der Waals surface area (Å²) in [6, 6.07) is 3.51. The quantitative estimate of drug-likeness (QED) is 0.188. The molecule has 0 aliphatic carbocycles. The summed E-state index contributed by atoms with van der Waals surface area (Å²) in [6.07, 6.45) is 5.62. The number of ether oxygens (including phenoxy) is 2. The van der Waals surface area contributed by atoms with Crippen molar-refractivity contribution in [2.75, 3.05) is 12.8 Å². The highest BCUT2D eigenvalue weighted by atomic mass is 16.6. The van der Waals surface area contributed by atoms with Crippen LogP contribution in [-0.4, -0.2) is 7.11 Å². The predicted octanol–water partition coefficient (Wildman–Crippen LogP) is 1.90. The number of hydrogen-bond donors (Lipinski definition) is 3. The molecule has 1 aliphatic heterocycles. The highest BCUT2D eigenvalue weighted by Gasteiger charge is 2.22. The van der Waals surface area contributed by atoms with E-state index in [-0.39, 0.29) is 6.61 Å². The monoisotopic (exact) mass is 330 g/mol. The maximum atomic E-state index is 9.95. The topological polar surface area (TPSA) is 119 Å². The molecule has 8 nitrogen and oxygen atoms in total. The van der Waals surface area contributed by atoms with Gasteiger partial charge in [-0.3, -0.25) is 4.84 Å². The number of nitrogen functional groups attached to an aromatic ring is 1. The summed E-state index contributed by atoms with van der Waals surface area (Å²) in [7, 11) is 1.52. The van der Waals surface area contributed by atoms with Gasteiger partial charge in [0.05, 0.1) is 12.8 Å². The molecule has 0 spiro atoms. The number of rotatable bonds is 5. The van der Waals surface area contributed by atoms with Gasteiger partial charge in [-0.2, -0.15) is 5.01 Å². The van der Waals surface area contributed by atoms with Crippen LogP contribution in [0.2, 0.25) is 0 Å². The van der Waals surface area contributed by atoms with Gasteiger partial charge in [0.15, 0.2) is 0 Å². The van der Waals surface area contributed by atoms with E-state index in [1.165, 1.54) is 7.11 Å². The summed E-state index contributed by atoms with van der Waals surface area (Å²) < 4.78 is 10.9. The van der Waals surface area contributed by atoms with E-state index in [2.05, 4.69) is 17.1 Å². The van der Waals surface area contributed by atoms with Crippen molar-refractivity contribution in [2.24, 2.45) is 5.73 Å². The Morgan fingerprint density at radius 3 is 3.00 bits per heavy atom. The fourth-order valence-corrected chi connectivity index (χ4v) is 2.28. The fourth-order valence-electron chi connectivity index (χ4n) is 2.28. The van der Waals surface area contributed by atoms with E-state index in [9.17, 15) is 5.21 Å². The summed E-state index contributed by atoms with van der Waals surface area (Å²) in [4.78, 5) is 5.09. The second kappa shape index (κ2) is 7.69. The Balaban J connectivity index is 2.28. The van der Waals surface area contributed by atoms with Crippen molar-refractivity contribution in [1.29, 1.82) is 0 Å². The minimum atomic E-state index is 0.235. The molecular formula is C16H18N4O4. The molecule has 0 fully saturated rings. The van der Waals surface area contributed by atoms with Gasteiger partial charge in [-0.15, -0.1) is 0 Å². The zero-order chi connectivity index (χ0) is 17.5. The van der Waals surface area contributed by atoms with Gasteiger partial charge in [-0.05, 0) is 23.2 Å². The Hall–Kier alpha value is -3.47. The van der Waals surface area contributed by atoms with Crippen LogP contribution < -0.4 is 21.8 Å². The average Bonchev–Trinajstić information content (AvgIpc) is 2.61. The number of nitrogens with two attached hydrogens (primary N) is 2. The zero-order valence-electron chi connectivity index (χ0n) is 13.2. The molecule has 0 saturated heterocycles. The lowest BCUT2D eigenvalue weighted by Crippen LogP contribution is -2.18. The van der Waals surface area contributed by atoms with Gasteiger partial charge in [0.25, 0.3) is 0 Å². The maximum Gasteiger partial charge on any atom is 0.423 e. The van der Waals surface area contributed by atoms with Crippen LogP contribution in [0.25, 0.3) is 5.01 Å². The number of allylic oxidation sites excluding steroid dienone is 3. The van der Waals surface area contributed by atoms with Crippen molar-refractivity contribution >= 4 is 5.69 Å². The molecule has 5 N–H and O–H groups in total. The lowest BCUT2D eigenvalue weighted by atomic mass is 9.98.